The van der Waals surface area contributed by atoms with Crippen LogP contribution < -0.4 is 0 Å². The lowest BCUT2D eigenvalue weighted by atomic mass is 9.80. The van der Waals surface area contributed by atoms with Gasteiger partial charge in [-0.2, -0.15) is 8.42 Å². The molecule has 0 radical (unpaired) electrons. The summed E-state index contributed by atoms with van der Waals surface area (Å²) in [6.45, 7) is 10.3. The van der Waals surface area contributed by atoms with Crippen LogP contribution in [-0.4, -0.2) is 49.8 Å². The molecule has 25 heavy (non-hydrogen) atoms. The van der Waals surface area contributed by atoms with Crippen molar-refractivity contribution in [3.05, 3.63) is 0 Å². The molecule has 2 amide bonds. The quantitative estimate of drug-likeness (QED) is 0.518. The summed E-state index contributed by atoms with van der Waals surface area (Å²) in [4.78, 5) is 38.1. The first kappa shape index (κ1) is 21.8. The smallest absolute Gasteiger partial charge is 0.272 e. The fourth-order valence-corrected chi connectivity index (χ4v) is 3.62. The number of hydrogen-bond donors (Lipinski definition) is 0. The zero-order chi connectivity index (χ0) is 19.8. The van der Waals surface area contributed by atoms with Gasteiger partial charge in [-0.15, -0.1) is 0 Å². The van der Waals surface area contributed by atoms with Crippen molar-refractivity contribution in [3.63, 3.8) is 0 Å². The molecule has 1 rings (SSSR count). The average molecular weight is 375 g/mol. The number of likely N-dealkylation sites (tertiary alicyclic amines) is 1. The fourth-order valence-electron chi connectivity index (χ4n) is 2.66. The van der Waals surface area contributed by atoms with Gasteiger partial charge in [-0.05, 0) is 5.41 Å². The minimum atomic E-state index is -4.07. The van der Waals surface area contributed by atoms with Crippen LogP contribution in [0.2, 0.25) is 0 Å². The lowest BCUT2D eigenvalue weighted by Gasteiger charge is -2.27. The number of carbonyl (C=O) groups excluding carboxylic acids is 3. The standard InChI is InChI=1S/C17H29NO6S/c1-16(2,3)12-9-14(20)18(15(12)21)10-11(25(22,23)24-7)8-13(19)17(4,5)6/h11-12H,8-10H2,1-7H3. The Morgan fingerprint density at radius 3 is 2.08 bits per heavy atom. The first-order valence-corrected chi connectivity index (χ1v) is 9.75. The highest BCUT2D eigenvalue weighted by molar-refractivity contribution is 7.87. The Labute approximate surface area is 150 Å². The van der Waals surface area contributed by atoms with Gasteiger partial charge in [0, 0.05) is 24.8 Å². The SMILES string of the molecule is COS(=O)(=O)C(CC(=O)C(C)(C)C)CN1C(=O)CC(C(C)(C)C)C1=O. The summed E-state index contributed by atoms with van der Waals surface area (Å²) < 4.78 is 29.0. The van der Waals surface area contributed by atoms with Gasteiger partial charge in [0.1, 0.15) is 11.0 Å². The van der Waals surface area contributed by atoms with E-state index in [0.29, 0.717) is 0 Å². The molecule has 1 aliphatic rings. The lowest BCUT2D eigenvalue weighted by Crippen LogP contribution is -2.43. The highest BCUT2D eigenvalue weighted by Crippen LogP contribution is 2.36. The monoisotopic (exact) mass is 375 g/mol. The van der Waals surface area contributed by atoms with Crippen LogP contribution in [0.25, 0.3) is 0 Å². The van der Waals surface area contributed by atoms with E-state index >= 15 is 0 Å². The molecule has 144 valence electrons. The van der Waals surface area contributed by atoms with Gasteiger partial charge >= 0.3 is 0 Å². The minimum absolute atomic E-state index is 0.0509. The summed E-state index contributed by atoms with van der Waals surface area (Å²) in [5, 5.41) is -1.27. The second kappa shape index (κ2) is 7.15. The van der Waals surface area contributed by atoms with E-state index in [1.807, 2.05) is 20.8 Å². The second-order valence-corrected chi connectivity index (χ2v) is 10.6. The summed E-state index contributed by atoms with van der Waals surface area (Å²) in [6, 6.07) is 0. The summed E-state index contributed by atoms with van der Waals surface area (Å²) in [7, 11) is -3.06. The van der Waals surface area contributed by atoms with Crippen molar-refractivity contribution < 1.29 is 27.0 Å². The molecular weight excluding hydrogens is 346 g/mol. The van der Waals surface area contributed by atoms with Gasteiger partial charge in [0.15, 0.2) is 0 Å². The highest BCUT2D eigenvalue weighted by atomic mass is 32.2. The highest BCUT2D eigenvalue weighted by Gasteiger charge is 2.46. The molecule has 1 saturated heterocycles. The third-order valence-electron chi connectivity index (χ3n) is 4.57. The van der Waals surface area contributed by atoms with E-state index in [1.54, 1.807) is 20.8 Å². The van der Waals surface area contributed by atoms with Crippen molar-refractivity contribution in [1.29, 1.82) is 0 Å². The van der Waals surface area contributed by atoms with Gasteiger partial charge in [-0.1, -0.05) is 41.5 Å². The molecule has 0 saturated carbocycles. The second-order valence-electron chi connectivity index (χ2n) is 8.62. The molecule has 0 spiro atoms. The summed E-state index contributed by atoms with van der Waals surface area (Å²) in [5.74, 6) is -1.57. The van der Waals surface area contributed by atoms with E-state index in [-0.39, 0.29) is 25.2 Å². The Kier molecular flexibility index (Phi) is 6.22. The van der Waals surface area contributed by atoms with E-state index in [4.69, 9.17) is 0 Å². The van der Waals surface area contributed by atoms with Crippen molar-refractivity contribution in [2.45, 2.75) is 59.6 Å². The Hall–Kier alpha value is -1.28. The maximum atomic E-state index is 12.6. The fraction of sp³-hybridized carbons (Fsp3) is 0.824. The van der Waals surface area contributed by atoms with Crippen molar-refractivity contribution in [1.82, 2.24) is 4.90 Å². The van der Waals surface area contributed by atoms with Gasteiger partial charge in [0.05, 0.1) is 13.0 Å². The number of rotatable bonds is 6. The Morgan fingerprint density at radius 2 is 1.72 bits per heavy atom. The van der Waals surface area contributed by atoms with Crippen LogP contribution >= 0.6 is 0 Å². The molecule has 0 aromatic rings. The van der Waals surface area contributed by atoms with Crippen LogP contribution in [0.4, 0.5) is 0 Å². The molecule has 1 heterocycles. The van der Waals surface area contributed by atoms with Gasteiger partial charge < -0.3 is 0 Å². The van der Waals surface area contributed by atoms with Crippen molar-refractivity contribution >= 4 is 27.7 Å². The van der Waals surface area contributed by atoms with Crippen LogP contribution in [0.15, 0.2) is 0 Å². The molecule has 1 aliphatic heterocycles. The summed E-state index contributed by atoms with van der Waals surface area (Å²) >= 11 is 0. The van der Waals surface area contributed by atoms with Gasteiger partial charge in [0.2, 0.25) is 11.8 Å². The van der Waals surface area contributed by atoms with Crippen LogP contribution in [0.5, 0.6) is 0 Å². The zero-order valence-electron chi connectivity index (χ0n) is 16.1. The largest absolute Gasteiger partial charge is 0.299 e. The predicted octanol–water partition coefficient (Wildman–Crippen LogP) is 1.76. The van der Waals surface area contributed by atoms with E-state index in [0.717, 1.165) is 12.0 Å². The number of hydrogen-bond acceptors (Lipinski definition) is 6. The first-order chi connectivity index (χ1) is 11.1. The van der Waals surface area contributed by atoms with Crippen LogP contribution in [-0.2, 0) is 28.7 Å². The summed E-state index contributed by atoms with van der Waals surface area (Å²) in [6.07, 6.45) is -0.258. The maximum absolute atomic E-state index is 12.6. The number of amides is 2. The first-order valence-electron chi connectivity index (χ1n) is 8.28. The van der Waals surface area contributed by atoms with E-state index in [2.05, 4.69) is 4.18 Å². The molecule has 0 N–H and O–H groups in total. The third-order valence-corrected chi connectivity index (χ3v) is 6.16. The Morgan fingerprint density at radius 1 is 1.20 bits per heavy atom. The van der Waals surface area contributed by atoms with Crippen molar-refractivity contribution in [2.75, 3.05) is 13.7 Å². The normalized spacial score (nSPS) is 20.9. The topological polar surface area (TPSA) is 97.8 Å². The molecule has 0 aromatic carbocycles. The molecular formula is C17H29NO6S. The maximum Gasteiger partial charge on any atom is 0.272 e. The number of nitrogens with zero attached hydrogens (tertiary/aromatic N) is 1. The number of ketones is 1. The van der Waals surface area contributed by atoms with Crippen LogP contribution in [0.3, 0.4) is 0 Å². The Balaban J connectivity index is 3.09. The van der Waals surface area contributed by atoms with Crippen molar-refractivity contribution in [3.8, 4) is 0 Å². The van der Waals surface area contributed by atoms with Crippen LogP contribution in [0, 0.1) is 16.7 Å². The van der Waals surface area contributed by atoms with Crippen LogP contribution in [0.1, 0.15) is 54.4 Å². The minimum Gasteiger partial charge on any atom is -0.299 e. The molecule has 7 nitrogen and oxygen atoms in total. The summed E-state index contributed by atoms with van der Waals surface area (Å²) in [5.41, 5.74) is -1.13. The molecule has 0 aromatic heterocycles. The average Bonchev–Trinajstić information content (AvgIpc) is 2.73. The molecule has 1 fully saturated rings. The lowest BCUT2D eigenvalue weighted by molar-refractivity contribution is -0.140. The van der Waals surface area contributed by atoms with Gasteiger partial charge in [0.25, 0.3) is 10.1 Å². The molecule has 2 unspecified atom stereocenters. The third kappa shape index (κ3) is 5.10. The number of carbonyl (C=O) groups is 3. The van der Waals surface area contributed by atoms with E-state index in [9.17, 15) is 22.8 Å². The van der Waals surface area contributed by atoms with E-state index < -0.39 is 43.9 Å². The molecule has 0 bridgehead atoms. The van der Waals surface area contributed by atoms with Crippen molar-refractivity contribution in [2.24, 2.45) is 16.7 Å². The zero-order valence-corrected chi connectivity index (χ0v) is 16.9. The molecule has 8 heteroatoms. The number of Topliss-reactive ketones (excluding diaryl/α,β-unsaturated/α-hetero) is 1. The molecule has 0 aliphatic carbocycles. The van der Waals surface area contributed by atoms with Gasteiger partial charge in [-0.25, -0.2) is 0 Å². The van der Waals surface area contributed by atoms with Gasteiger partial charge in [-0.3, -0.25) is 23.5 Å². The Bertz CT molecular complexity index is 654. The number of imide groups is 1. The molecule has 2 atom stereocenters. The predicted molar refractivity (Wildman–Crippen MR) is 93.1 cm³/mol. The van der Waals surface area contributed by atoms with E-state index in [1.165, 1.54) is 0 Å².